The molecule has 21 heavy (non-hydrogen) atoms. The molecule has 0 amide bonds. The fourth-order valence-electron chi connectivity index (χ4n) is 2.50. The Morgan fingerprint density at radius 2 is 2.29 bits per heavy atom. The minimum Gasteiger partial charge on any atom is -0.469 e. The number of halogens is 2. The zero-order chi connectivity index (χ0) is 14.8. The van der Waals surface area contributed by atoms with Crippen molar-refractivity contribution in [3.63, 3.8) is 0 Å². The Kier molecular flexibility index (Phi) is 4.17. The molecule has 0 N–H and O–H groups in total. The van der Waals surface area contributed by atoms with E-state index in [2.05, 4.69) is 21.5 Å². The van der Waals surface area contributed by atoms with E-state index in [0.29, 0.717) is 10.9 Å². The maximum Gasteiger partial charge on any atom is 0.160 e. The fourth-order valence-corrected chi connectivity index (χ4v) is 2.84. The SMILES string of the molecule is CC(CCc1ccco1)n1c(CCl)nc2cc(Cl)cnc21. The molecule has 0 bridgehead atoms. The Labute approximate surface area is 132 Å². The Hall–Kier alpha value is -1.52. The van der Waals surface area contributed by atoms with E-state index in [9.17, 15) is 0 Å². The lowest BCUT2D eigenvalue weighted by Gasteiger charge is -2.15. The molecule has 0 aliphatic rings. The number of furan rings is 1. The molecule has 4 nitrogen and oxygen atoms in total. The molecule has 0 fully saturated rings. The summed E-state index contributed by atoms with van der Waals surface area (Å²) < 4.78 is 7.46. The van der Waals surface area contributed by atoms with Crippen LogP contribution in [0.2, 0.25) is 5.02 Å². The predicted molar refractivity (Wildman–Crippen MR) is 83.8 cm³/mol. The fraction of sp³-hybridized carbons (Fsp3) is 0.333. The molecule has 1 unspecified atom stereocenters. The van der Waals surface area contributed by atoms with Crippen molar-refractivity contribution in [3.8, 4) is 0 Å². The van der Waals surface area contributed by atoms with Crippen LogP contribution in [0.15, 0.2) is 35.1 Å². The van der Waals surface area contributed by atoms with E-state index in [4.69, 9.17) is 27.6 Å². The molecule has 0 aliphatic carbocycles. The number of rotatable bonds is 5. The molecule has 3 rings (SSSR count). The van der Waals surface area contributed by atoms with Gasteiger partial charge in [0.05, 0.1) is 17.2 Å². The number of imidazole rings is 1. The number of hydrogen-bond acceptors (Lipinski definition) is 3. The summed E-state index contributed by atoms with van der Waals surface area (Å²) >= 11 is 12.0. The van der Waals surface area contributed by atoms with Crippen molar-refractivity contribution >= 4 is 34.4 Å². The van der Waals surface area contributed by atoms with Gasteiger partial charge in [-0.05, 0) is 31.5 Å². The molecule has 0 aromatic carbocycles. The summed E-state index contributed by atoms with van der Waals surface area (Å²) in [6, 6.07) is 5.93. The first-order valence-electron chi connectivity index (χ1n) is 6.79. The van der Waals surface area contributed by atoms with Crippen molar-refractivity contribution in [2.24, 2.45) is 0 Å². The van der Waals surface area contributed by atoms with Crippen molar-refractivity contribution in [1.29, 1.82) is 0 Å². The highest BCUT2D eigenvalue weighted by atomic mass is 35.5. The zero-order valence-corrected chi connectivity index (χ0v) is 13.1. The van der Waals surface area contributed by atoms with Crippen molar-refractivity contribution in [1.82, 2.24) is 14.5 Å². The van der Waals surface area contributed by atoms with Crippen LogP contribution in [0.5, 0.6) is 0 Å². The lowest BCUT2D eigenvalue weighted by molar-refractivity contribution is 0.451. The second kappa shape index (κ2) is 6.08. The Morgan fingerprint density at radius 1 is 1.43 bits per heavy atom. The number of aromatic nitrogens is 3. The van der Waals surface area contributed by atoms with Crippen molar-refractivity contribution < 1.29 is 4.42 Å². The molecule has 0 saturated carbocycles. The predicted octanol–water partition coefficient (Wildman–Crippen LogP) is 4.61. The highest BCUT2D eigenvalue weighted by Gasteiger charge is 2.17. The Bertz CT molecular complexity index is 737. The van der Waals surface area contributed by atoms with Gasteiger partial charge in [0.2, 0.25) is 0 Å². The van der Waals surface area contributed by atoms with Gasteiger partial charge in [-0.15, -0.1) is 11.6 Å². The topological polar surface area (TPSA) is 43.9 Å². The second-order valence-electron chi connectivity index (χ2n) is 4.99. The van der Waals surface area contributed by atoms with Crippen molar-refractivity contribution in [2.75, 3.05) is 0 Å². The van der Waals surface area contributed by atoms with Gasteiger partial charge in [0.1, 0.15) is 17.1 Å². The molecular formula is C15H15Cl2N3O. The van der Waals surface area contributed by atoms with Crippen LogP contribution in [0.3, 0.4) is 0 Å². The van der Waals surface area contributed by atoms with Crippen molar-refractivity contribution in [3.05, 3.63) is 47.3 Å². The van der Waals surface area contributed by atoms with Crippen LogP contribution in [-0.2, 0) is 12.3 Å². The number of alkyl halides is 1. The van der Waals surface area contributed by atoms with Crippen LogP contribution in [0.4, 0.5) is 0 Å². The lowest BCUT2D eigenvalue weighted by Crippen LogP contribution is -2.10. The van der Waals surface area contributed by atoms with Crippen molar-refractivity contribution in [2.45, 2.75) is 31.7 Å². The summed E-state index contributed by atoms with van der Waals surface area (Å²) in [4.78, 5) is 8.92. The van der Waals surface area contributed by atoms with Crippen LogP contribution < -0.4 is 0 Å². The Morgan fingerprint density at radius 3 is 3.00 bits per heavy atom. The number of fused-ring (bicyclic) bond motifs is 1. The number of hydrogen-bond donors (Lipinski definition) is 0. The van der Waals surface area contributed by atoms with Gasteiger partial charge in [-0.2, -0.15) is 0 Å². The van der Waals surface area contributed by atoms with Gasteiger partial charge >= 0.3 is 0 Å². The average molecular weight is 324 g/mol. The molecule has 0 radical (unpaired) electrons. The van der Waals surface area contributed by atoms with Gasteiger partial charge in [0.15, 0.2) is 5.65 Å². The van der Waals surface area contributed by atoms with E-state index < -0.39 is 0 Å². The van der Waals surface area contributed by atoms with Gasteiger partial charge in [-0.3, -0.25) is 0 Å². The van der Waals surface area contributed by atoms with E-state index in [-0.39, 0.29) is 6.04 Å². The van der Waals surface area contributed by atoms with Crippen LogP contribution in [0.25, 0.3) is 11.2 Å². The second-order valence-corrected chi connectivity index (χ2v) is 5.70. The first-order valence-corrected chi connectivity index (χ1v) is 7.71. The van der Waals surface area contributed by atoms with Gasteiger partial charge in [0.25, 0.3) is 0 Å². The molecule has 1 atom stereocenters. The maximum absolute atomic E-state index is 6.02. The number of aryl methyl sites for hydroxylation is 1. The van der Waals surface area contributed by atoms with E-state index in [1.165, 1.54) is 0 Å². The van der Waals surface area contributed by atoms with Gasteiger partial charge < -0.3 is 8.98 Å². The third-order valence-corrected chi connectivity index (χ3v) is 3.96. The molecule has 3 aromatic rings. The number of nitrogens with zero attached hydrogens (tertiary/aromatic N) is 3. The smallest absolute Gasteiger partial charge is 0.160 e. The zero-order valence-electron chi connectivity index (χ0n) is 11.6. The summed E-state index contributed by atoms with van der Waals surface area (Å²) in [7, 11) is 0. The van der Waals surface area contributed by atoms with Gasteiger partial charge in [-0.1, -0.05) is 11.6 Å². The van der Waals surface area contributed by atoms with Gasteiger partial charge in [0, 0.05) is 18.7 Å². The molecule has 0 spiro atoms. The molecule has 110 valence electrons. The Balaban J connectivity index is 1.90. The first kappa shape index (κ1) is 14.4. The molecule has 0 aliphatic heterocycles. The van der Waals surface area contributed by atoms with Crippen LogP contribution in [0.1, 0.15) is 31.0 Å². The van der Waals surface area contributed by atoms with E-state index in [0.717, 1.165) is 35.6 Å². The maximum atomic E-state index is 6.02. The third kappa shape index (κ3) is 2.92. The molecule has 6 heteroatoms. The van der Waals surface area contributed by atoms with Crippen LogP contribution >= 0.6 is 23.2 Å². The summed E-state index contributed by atoms with van der Waals surface area (Å²) in [5.74, 6) is 2.14. The summed E-state index contributed by atoms with van der Waals surface area (Å²) in [5.41, 5.74) is 1.60. The monoisotopic (exact) mass is 323 g/mol. The highest BCUT2D eigenvalue weighted by molar-refractivity contribution is 6.31. The third-order valence-electron chi connectivity index (χ3n) is 3.52. The highest BCUT2D eigenvalue weighted by Crippen LogP contribution is 2.25. The van der Waals surface area contributed by atoms with Gasteiger partial charge in [-0.25, -0.2) is 9.97 Å². The van der Waals surface area contributed by atoms with E-state index in [1.54, 1.807) is 12.5 Å². The quantitative estimate of drug-likeness (QED) is 0.644. The normalized spacial score (nSPS) is 12.9. The summed E-state index contributed by atoms with van der Waals surface area (Å²) in [5, 5.41) is 0.580. The molecule has 3 heterocycles. The van der Waals surface area contributed by atoms with Crippen LogP contribution in [0, 0.1) is 0 Å². The lowest BCUT2D eigenvalue weighted by atomic mass is 10.1. The largest absolute Gasteiger partial charge is 0.469 e. The van der Waals surface area contributed by atoms with Crippen LogP contribution in [-0.4, -0.2) is 14.5 Å². The van der Waals surface area contributed by atoms with E-state index >= 15 is 0 Å². The molecule has 0 saturated heterocycles. The standard InChI is InChI=1S/C15H15Cl2N3O/c1-10(4-5-12-3-2-6-21-12)20-14(8-16)19-13-7-11(17)9-18-15(13)20/h2-3,6-7,9-10H,4-5,8H2,1H3. The molecular weight excluding hydrogens is 309 g/mol. The molecule has 3 aromatic heterocycles. The average Bonchev–Trinajstić information content (AvgIpc) is 3.11. The van der Waals surface area contributed by atoms with E-state index in [1.807, 2.05) is 18.2 Å². The minimum absolute atomic E-state index is 0.225. The minimum atomic E-state index is 0.225. The first-order chi connectivity index (χ1) is 10.2. The number of pyridine rings is 1. The summed E-state index contributed by atoms with van der Waals surface area (Å²) in [6.45, 7) is 2.14. The summed E-state index contributed by atoms with van der Waals surface area (Å²) in [6.07, 6.45) is 5.12.